The number of para-hydroxylation sites is 1. The van der Waals surface area contributed by atoms with Crippen molar-refractivity contribution in [3.8, 4) is 11.5 Å². The summed E-state index contributed by atoms with van der Waals surface area (Å²) in [5, 5.41) is 0. The fraction of sp³-hybridized carbons (Fsp3) is 0.333. The maximum atomic E-state index is 12.4. The van der Waals surface area contributed by atoms with Crippen molar-refractivity contribution in [2.45, 2.75) is 19.4 Å². The zero-order chi connectivity index (χ0) is 20.9. The van der Waals surface area contributed by atoms with Gasteiger partial charge in [0, 0.05) is 12.6 Å². The third-order valence-electron chi connectivity index (χ3n) is 4.71. The van der Waals surface area contributed by atoms with Crippen LogP contribution in [-0.2, 0) is 19.4 Å². The molecule has 154 valence electrons. The molecule has 1 fully saturated rings. The van der Waals surface area contributed by atoms with Crippen LogP contribution in [0, 0.1) is 0 Å². The SMILES string of the molecule is CCN(C(=O)COC(=O)c1ccc(Oc2ccccc2)cc1)C1CCS(=O)(=O)C1. The molecule has 1 saturated heterocycles. The van der Waals surface area contributed by atoms with Gasteiger partial charge in [-0.2, -0.15) is 0 Å². The van der Waals surface area contributed by atoms with Crippen LogP contribution in [0.4, 0.5) is 0 Å². The van der Waals surface area contributed by atoms with Gasteiger partial charge in [-0.05, 0) is 49.7 Å². The lowest BCUT2D eigenvalue weighted by atomic mass is 10.2. The molecule has 1 heterocycles. The molecule has 0 bridgehead atoms. The zero-order valence-corrected chi connectivity index (χ0v) is 16.9. The lowest BCUT2D eigenvalue weighted by Gasteiger charge is -2.26. The van der Waals surface area contributed by atoms with Crippen molar-refractivity contribution in [2.24, 2.45) is 0 Å². The predicted molar refractivity (Wildman–Crippen MR) is 108 cm³/mol. The number of likely N-dealkylation sites (N-methyl/N-ethyl adjacent to an activating group) is 1. The highest BCUT2D eigenvalue weighted by Gasteiger charge is 2.34. The fourth-order valence-electron chi connectivity index (χ4n) is 3.24. The van der Waals surface area contributed by atoms with Crippen LogP contribution in [0.1, 0.15) is 23.7 Å². The number of esters is 1. The lowest BCUT2D eigenvalue weighted by molar-refractivity contribution is -0.136. The molecule has 0 saturated carbocycles. The Morgan fingerprint density at radius 1 is 1.03 bits per heavy atom. The number of carbonyl (C=O) groups excluding carboxylic acids is 2. The summed E-state index contributed by atoms with van der Waals surface area (Å²) in [5.74, 6) is 0.277. The van der Waals surface area contributed by atoms with Crippen LogP contribution >= 0.6 is 0 Å². The number of amides is 1. The van der Waals surface area contributed by atoms with E-state index in [0.717, 1.165) is 0 Å². The van der Waals surface area contributed by atoms with Crippen LogP contribution in [0.15, 0.2) is 54.6 Å². The lowest BCUT2D eigenvalue weighted by Crippen LogP contribution is -2.43. The van der Waals surface area contributed by atoms with E-state index in [9.17, 15) is 18.0 Å². The molecule has 0 aromatic heterocycles. The molecule has 2 aromatic rings. The average Bonchev–Trinajstić information content (AvgIpc) is 3.07. The normalized spacial score (nSPS) is 17.5. The standard InChI is InChI=1S/C21H23NO6S/c1-2-22(17-12-13-29(25,26)15-17)20(23)14-27-21(24)16-8-10-19(11-9-16)28-18-6-4-3-5-7-18/h3-11,17H,2,12-15H2,1H3. The summed E-state index contributed by atoms with van der Waals surface area (Å²) in [6.45, 7) is 1.71. The number of hydrogen-bond donors (Lipinski definition) is 0. The molecule has 1 atom stereocenters. The van der Waals surface area contributed by atoms with Crippen molar-refractivity contribution >= 4 is 21.7 Å². The molecule has 1 amide bonds. The third kappa shape index (κ3) is 5.57. The molecule has 3 rings (SSSR count). The van der Waals surface area contributed by atoms with Crippen LogP contribution in [0.5, 0.6) is 11.5 Å². The molecule has 1 unspecified atom stereocenters. The van der Waals surface area contributed by atoms with E-state index in [2.05, 4.69) is 0 Å². The number of benzene rings is 2. The number of nitrogens with zero attached hydrogens (tertiary/aromatic N) is 1. The second-order valence-electron chi connectivity index (χ2n) is 6.75. The number of hydrogen-bond acceptors (Lipinski definition) is 6. The summed E-state index contributed by atoms with van der Waals surface area (Å²) in [5.41, 5.74) is 0.296. The molecular weight excluding hydrogens is 394 g/mol. The summed E-state index contributed by atoms with van der Waals surface area (Å²) in [4.78, 5) is 26.1. The molecule has 0 aliphatic carbocycles. The van der Waals surface area contributed by atoms with Crippen LogP contribution in [0.25, 0.3) is 0 Å². The Bertz CT molecular complexity index is 956. The largest absolute Gasteiger partial charge is 0.457 e. The van der Waals surface area contributed by atoms with Crippen molar-refractivity contribution in [3.05, 3.63) is 60.2 Å². The Balaban J connectivity index is 1.53. The summed E-state index contributed by atoms with van der Waals surface area (Å²) in [6.07, 6.45) is 0.415. The fourth-order valence-corrected chi connectivity index (χ4v) is 4.97. The number of carbonyl (C=O) groups is 2. The first-order chi connectivity index (χ1) is 13.9. The molecular formula is C21H23NO6S. The number of rotatable bonds is 7. The molecule has 0 spiro atoms. The highest BCUT2D eigenvalue weighted by atomic mass is 32.2. The Morgan fingerprint density at radius 3 is 2.28 bits per heavy atom. The van der Waals surface area contributed by atoms with Crippen molar-refractivity contribution in [3.63, 3.8) is 0 Å². The molecule has 0 radical (unpaired) electrons. The summed E-state index contributed by atoms with van der Waals surface area (Å²) < 4.78 is 34.1. The Labute approximate surface area is 170 Å². The van der Waals surface area contributed by atoms with E-state index in [4.69, 9.17) is 9.47 Å². The second-order valence-corrected chi connectivity index (χ2v) is 8.98. The van der Waals surface area contributed by atoms with E-state index < -0.39 is 28.3 Å². The first-order valence-electron chi connectivity index (χ1n) is 9.38. The van der Waals surface area contributed by atoms with Gasteiger partial charge in [0.05, 0.1) is 17.1 Å². The number of ether oxygens (including phenoxy) is 2. The summed E-state index contributed by atoms with van der Waals surface area (Å²) in [7, 11) is -3.10. The minimum atomic E-state index is -3.10. The summed E-state index contributed by atoms with van der Waals surface area (Å²) in [6, 6.07) is 15.3. The first-order valence-corrected chi connectivity index (χ1v) is 11.2. The van der Waals surface area contributed by atoms with Gasteiger partial charge in [0.1, 0.15) is 11.5 Å². The van der Waals surface area contributed by atoms with E-state index in [1.807, 2.05) is 30.3 Å². The van der Waals surface area contributed by atoms with Crippen LogP contribution in [0.2, 0.25) is 0 Å². The Kier molecular flexibility index (Phi) is 6.53. The Morgan fingerprint density at radius 2 is 1.69 bits per heavy atom. The van der Waals surface area contributed by atoms with Gasteiger partial charge in [-0.15, -0.1) is 0 Å². The van der Waals surface area contributed by atoms with Gasteiger partial charge in [0.25, 0.3) is 5.91 Å². The smallest absolute Gasteiger partial charge is 0.338 e. The molecule has 8 heteroatoms. The van der Waals surface area contributed by atoms with Gasteiger partial charge < -0.3 is 14.4 Å². The number of sulfone groups is 1. The van der Waals surface area contributed by atoms with E-state index in [1.165, 1.54) is 4.90 Å². The van der Waals surface area contributed by atoms with Crippen molar-refractivity contribution in [2.75, 3.05) is 24.7 Å². The minimum absolute atomic E-state index is 0.0383. The first kappa shape index (κ1) is 20.9. The maximum absolute atomic E-state index is 12.4. The second kappa shape index (κ2) is 9.09. The van der Waals surface area contributed by atoms with Crippen molar-refractivity contribution < 1.29 is 27.5 Å². The van der Waals surface area contributed by atoms with Gasteiger partial charge in [-0.3, -0.25) is 4.79 Å². The minimum Gasteiger partial charge on any atom is -0.457 e. The maximum Gasteiger partial charge on any atom is 0.338 e. The van der Waals surface area contributed by atoms with Gasteiger partial charge in [0.15, 0.2) is 16.4 Å². The van der Waals surface area contributed by atoms with Crippen molar-refractivity contribution in [1.82, 2.24) is 4.90 Å². The van der Waals surface area contributed by atoms with E-state index in [0.29, 0.717) is 30.0 Å². The Hall–Kier alpha value is -2.87. The summed E-state index contributed by atoms with van der Waals surface area (Å²) >= 11 is 0. The van der Waals surface area contributed by atoms with Gasteiger partial charge in [-0.1, -0.05) is 18.2 Å². The van der Waals surface area contributed by atoms with Crippen molar-refractivity contribution in [1.29, 1.82) is 0 Å². The van der Waals surface area contributed by atoms with E-state index in [1.54, 1.807) is 31.2 Å². The average molecular weight is 417 g/mol. The van der Waals surface area contributed by atoms with Gasteiger partial charge in [0.2, 0.25) is 0 Å². The molecule has 2 aromatic carbocycles. The van der Waals surface area contributed by atoms with Crippen LogP contribution < -0.4 is 4.74 Å². The monoisotopic (exact) mass is 417 g/mol. The molecule has 7 nitrogen and oxygen atoms in total. The highest BCUT2D eigenvalue weighted by Crippen LogP contribution is 2.21. The highest BCUT2D eigenvalue weighted by molar-refractivity contribution is 7.91. The van der Waals surface area contributed by atoms with Crippen LogP contribution in [-0.4, -0.2) is 55.9 Å². The van der Waals surface area contributed by atoms with Gasteiger partial charge in [-0.25, -0.2) is 13.2 Å². The van der Waals surface area contributed by atoms with E-state index >= 15 is 0 Å². The predicted octanol–water partition coefficient (Wildman–Crippen LogP) is 2.67. The third-order valence-corrected chi connectivity index (χ3v) is 6.46. The molecule has 0 N–H and O–H groups in total. The van der Waals surface area contributed by atoms with Crippen LogP contribution in [0.3, 0.4) is 0 Å². The topological polar surface area (TPSA) is 90.0 Å². The molecule has 1 aliphatic rings. The zero-order valence-electron chi connectivity index (χ0n) is 16.1. The van der Waals surface area contributed by atoms with Gasteiger partial charge >= 0.3 is 5.97 Å². The molecule has 1 aliphatic heterocycles. The van der Waals surface area contributed by atoms with E-state index in [-0.39, 0.29) is 17.5 Å². The molecule has 29 heavy (non-hydrogen) atoms. The quantitative estimate of drug-likeness (QED) is 0.644.